The molecule has 82 valence electrons. The molecule has 0 aliphatic carbocycles. The molecule has 0 aromatic rings. The smallest absolute Gasteiger partial charge is 0.332 e. The molecule has 0 aromatic carbocycles. The molecule has 0 radical (unpaired) electrons. The Hall–Kier alpha value is -1.54. The Labute approximate surface area is 87.8 Å². The second kappa shape index (κ2) is 5.37. The van der Waals surface area contributed by atoms with Crippen LogP contribution in [0.15, 0.2) is 0 Å². The summed E-state index contributed by atoms with van der Waals surface area (Å²) in [4.78, 5) is 21.9. The van der Waals surface area contributed by atoms with E-state index in [4.69, 9.17) is 16.3 Å². The number of terminal acetylenes is 1. The van der Waals surface area contributed by atoms with Crippen molar-refractivity contribution in [3.05, 3.63) is 0 Å². The Morgan fingerprint density at radius 1 is 1.47 bits per heavy atom. The average molecular weight is 211 g/mol. The molecule has 0 aromatic heterocycles. The van der Waals surface area contributed by atoms with E-state index in [1.807, 2.05) is 0 Å². The number of carbonyl (C=O) groups is 2. The molecule has 2 atom stereocenters. The van der Waals surface area contributed by atoms with Crippen LogP contribution in [0.2, 0.25) is 0 Å². The molecule has 0 bridgehead atoms. The lowest BCUT2D eigenvalue weighted by atomic mass is 10.2. The summed E-state index contributed by atoms with van der Waals surface area (Å²) >= 11 is 0. The monoisotopic (exact) mass is 211 g/mol. The number of aliphatic carboxylic acids is 1. The lowest BCUT2D eigenvalue weighted by Crippen LogP contribution is -2.36. The Morgan fingerprint density at radius 3 is 2.67 bits per heavy atom. The summed E-state index contributed by atoms with van der Waals surface area (Å²) in [5.74, 6) is 1.09. The fraction of sp³-hybridized carbons (Fsp3) is 0.600. The van der Waals surface area contributed by atoms with E-state index >= 15 is 0 Å². The molecule has 2 N–H and O–H groups in total. The lowest BCUT2D eigenvalue weighted by Gasteiger charge is -2.10. The van der Waals surface area contributed by atoms with E-state index in [2.05, 4.69) is 11.2 Å². The van der Waals surface area contributed by atoms with Gasteiger partial charge in [-0.1, -0.05) is 0 Å². The van der Waals surface area contributed by atoms with Gasteiger partial charge in [0.15, 0.2) is 6.10 Å². The van der Waals surface area contributed by atoms with Gasteiger partial charge in [-0.2, -0.15) is 0 Å². The van der Waals surface area contributed by atoms with Crippen molar-refractivity contribution in [1.29, 1.82) is 0 Å². The van der Waals surface area contributed by atoms with Gasteiger partial charge in [-0.25, -0.2) is 4.79 Å². The summed E-state index contributed by atoms with van der Waals surface area (Å²) in [6.45, 7) is 0.396. The van der Waals surface area contributed by atoms with Crippen LogP contribution >= 0.6 is 0 Å². The number of hydrogen-bond acceptors (Lipinski definition) is 3. The first-order valence-corrected chi connectivity index (χ1v) is 4.74. The maximum atomic E-state index is 11.4. The summed E-state index contributed by atoms with van der Waals surface area (Å²) in [6, 6.07) is 0. The molecule has 1 saturated heterocycles. The minimum Gasteiger partial charge on any atom is -0.479 e. The number of carbonyl (C=O) groups excluding carboxylic acids is 1. The highest BCUT2D eigenvalue weighted by atomic mass is 16.5. The van der Waals surface area contributed by atoms with E-state index in [0.29, 0.717) is 25.8 Å². The van der Waals surface area contributed by atoms with Crippen molar-refractivity contribution in [1.82, 2.24) is 5.32 Å². The minimum absolute atomic E-state index is 0.283. The van der Waals surface area contributed by atoms with E-state index in [0.717, 1.165) is 0 Å². The van der Waals surface area contributed by atoms with E-state index < -0.39 is 18.2 Å². The van der Waals surface area contributed by atoms with Crippen molar-refractivity contribution >= 4 is 11.9 Å². The summed E-state index contributed by atoms with van der Waals surface area (Å²) in [5.41, 5.74) is 0. The fourth-order valence-electron chi connectivity index (χ4n) is 1.38. The van der Waals surface area contributed by atoms with Crippen LogP contribution in [0, 0.1) is 12.3 Å². The quantitative estimate of drug-likeness (QED) is 0.497. The van der Waals surface area contributed by atoms with Crippen LogP contribution in [0.5, 0.6) is 0 Å². The second-order valence-corrected chi connectivity index (χ2v) is 3.27. The highest BCUT2D eigenvalue weighted by Crippen LogP contribution is 2.19. The van der Waals surface area contributed by atoms with Gasteiger partial charge in [-0.05, 0) is 12.8 Å². The predicted octanol–water partition coefficient (Wildman–Crippen LogP) is -0.242. The molecule has 15 heavy (non-hydrogen) atoms. The number of carboxylic acids is 1. The van der Waals surface area contributed by atoms with Gasteiger partial charge in [0.05, 0.1) is 0 Å². The average Bonchev–Trinajstić information content (AvgIpc) is 2.66. The largest absolute Gasteiger partial charge is 0.479 e. The van der Waals surface area contributed by atoms with Gasteiger partial charge in [0.1, 0.15) is 6.10 Å². The number of rotatable bonds is 4. The highest BCUT2D eigenvalue weighted by molar-refractivity contribution is 5.82. The zero-order chi connectivity index (χ0) is 11.3. The van der Waals surface area contributed by atoms with Crippen LogP contribution in [0.1, 0.15) is 19.3 Å². The molecule has 5 nitrogen and oxygen atoms in total. The van der Waals surface area contributed by atoms with Gasteiger partial charge in [-0.15, -0.1) is 12.3 Å². The molecular weight excluding hydrogens is 198 g/mol. The molecule has 1 rings (SSSR count). The Balaban J connectivity index is 2.31. The zero-order valence-corrected chi connectivity index (χ0v) is 8.23. The first-order valence-electron chi connectivity index (χ1n) is 4.74. The van der Waals surface area contributed by atoms with Crippen molar-refractivity contribution in [3.8, 4) is 12.3 Å². The number of hydrogen-bond donors (Lipinski definition) is 2. The topological polar surface area (TPSA) is 75.6 Å². The zero-order valence-electron chi connectivity index (χ0n) is 8.23. The third-order valence-corrected chi connectivity index (χ3v) is 2.16. The third kappa shape index (κ3) is 3.26. The van der Waals surface area contributed by atoms with Crippen LogP contribution in [0.4, 0.5) is 0 Å². The molecule has 0 saturated carbocycles. The van der Waals surface area contributed by atoms with Crippen LogP contribution in [0.25, 0.3) is 0 Å². The molecule has 0 unspecified atom stereocenters. The van der Waals surface area contributed by atoms with Crippen LogP contribution in [0.3, 0.4) is 0 Å². The first-order chi connectivity index (χ1) is 7.15. The van der Waals surface area contributed by atoms with Crippen LogP contribution < -0.4 is 5.32 Å². The van der Waals surface area contributed by atoms with Gasteiger partial charge in [0, 0.05) is 13.0 Å². The SMILES string of the molecule is C#CCCNC(=O)[C@@H]1CC[C@H](C(=O)O)O1. The molecule has 1 aliphatic heterocycles. The molecule has 1 heterocycles. The number of amides is 1. The minimum atomic E-state index is -1.02. The predicted molar refractivity (Wildman–Crippen MR) is 52.0 cm³/mol. The number of nitrogens with one attached hydrogen (secondary N) is 1. The Kier molecular flexibility index (Phi) is 4.13. The van der Waals surface area contributed by atoms with E-state index in [9.17, 15) is 9.59 Å². The fourth-order valence-corrected chi connectivity index (χ4v) is 1.38. The lowest BCUT2D eigenvalue weighted by molar-refractivity contribution is -0.151. The third-order valence-electron chi connectivity index (χ3n) is 2.16. The standard InChI is InChI=1S/C10H13NO4/c1-2-3-6-11-9(12)7-4-5-8(15-7)10(13)14/h1,7-8H,3-6H2,(H,11,12)(H,13,14)/t7-,8+/m0/s1. The normalized spacial score (nSPS) is 24.5. The summed E-state index contributed by atoms with van der Waals surface area (Å²) in [7, 11) is 0. The van der Waals surface area contributed by atoms with Crippen molar-refractivity contribution in [2.45, 2.75) is 31.5 Å². The molecule has 1 aliphatic rings. The summed E-state index contributed by atoms with van der Waals surface area (Å²) in [6.07, 6.45) is 4.80. The second-order valence-electron chi connectivity index (χ2n) is 3.27. The molecular formula is C10H13NO4. The van der Waals surface area contributed by atoms with Gasteiger partial charge in [0.2, 0.25) is 5.91 Å². The van der Waals surface area contributed by atoms with Crippen molar-refractivity contribution in [3.63, 3.8) is 0 Å². The number of ether oxygens (including phenoxy) is 1. The molecule has 1 fully saturated rings. The number of carboxylic acid groups (broad SMARTS) is 1. The maximum Gasteiger partial charge on any atom is 0.332 e. The van der Waals surface area contributed by atoms with Crippen LogP contribution in [-0.4, -0.2) is 35.7 Å². The van der Waals surface area contributed by atoms with Crippen molar-refractivity contribution in [2.24, 2.45) is 0 Å². The molecule has 5 heteroatoms. The van der Waals surface area contributed by atoms with E-state index in [1.165, 1.54) is 0 Å². The van der Waals surface area contributed by atoms with E-state index in [-0.39, 0.29) is 5.91 Å². The maximum absolute atomic E-state index is 11.4. The Morgan fingerprint density at radius 2 is 2.13 bits per heavy atom. The summed E-state index contributed by atoms with van der Waals surface area (Å²) < 4.78 is 5.05. The molecule has 1 amide bonds. The van der Waals surface area contributed by atoms with Gasteiger partial charge < -0.3 is 15.2 Å². The first kappa shape index (κ1) is 11.5. The van der Waals surface area contributed by atoms with Gasteiger partial charge >= 0.3 is 5.97 Å². The summed E-state index contributed by atoms with van der Waals surface area (Å²) in [5, 5.41) is 11.2. The Bertz CT molecular complexity index is 294. The van der Waals surface area contributed by atoms with Crippen molar-refractivity contribution in [2.75, 3.05) is 6.54 Å². The van der Waals surface area contributed by atoms with Gasteiger partial charge in [0.25, 0.3) is 0 Å². The molecule has 0 spiro atoms. The van der Waals surface area contributed by atoms with E-state index in [1.54, 1.807) is 0 Å². The van der Waals surface area contributed by atoms with Crippen LogP contribution in [-0.2, 0) is 14.3 Å². The van der Waals surface area contributed by atoms with Crippen molar-refractivity contribution < 1.29 is 19.4 Å². The highest BCUT2D eigenvalue weighted by Gasteiger charge is 2.34. The van der Waals surface area contributed by atoms with Gasteiger partial charge in [-0.3, -0.25) is 4.79 Å².